The molecule has 1 amide bonds. The lowest BCUT2D eigenvalue weighted by Crippen LogP contribution is -2.14. The molecule has 8 heteroatoms. The lowest BCUT2D eigenvalue weighted by atomic mass is 10.1. The number of thiazole rings is 1. The number of hydrogen-bond acceptors (Lipinski definition) is 5. The van der Waals surface area contributed by atoms with Crippen LogP contribution in [0.3, 0.4) is 0 Å². The first kappa shape index (κ1) is 20.3. The average Bonchev–Trinajstić information content (AvgIpc) is 3.26. The monoisotopic (exact) mass is 455 g/mol. The first-order valence-electron chi connectivity index (χ1n) is 8.86. The Balaban J connectivity index is 1.60. The molecular formula is C22H15Cl2N3O2S. The van der Waals surface area contributed by atoms with Crippen molar-refractivity contribution in [2.75, 3.05) is 12.4 Å². The van der Waals surface area contributed by atoms with Gasteiger partial charge in [-0.25, -0.2) is 4.98 Å². The largest absolute Gasteiger partial charge is 0.494 e. The van der Waals surface area contributed by atoms with Crippen LogP contribution in [-0.2, 0) is 0 Å². The average molecular weight is 456 g/mol. The summed E-state index contributed by atoms with van der Waals surface area (Å²) in [5.74, 6) is -0.177. The number of carbonyl (C=O) groups excluding carboxylic acids is 1. The van der Waals surface area contributed by atoms with Crippen molar-refractivity contribution in [2.45, 2.75) is 0 Å². The smallest absolute Gasteiger partial charge is 0.261 e. The summed E-state index contributed by atoms with van der Waals surface area (Å²) in [5, 5.41) is 6.27. The quantitative estimate of drug-likeness (QED) is 0.375. The Morgan fingerprint density at radius 2 is 1.87 bits per heavy atom. The molecule has 2 aromatic heterocycles. The van der Waals surface area contributed by atoms with E-state index in [1.807, 2.05) is 35.7 Å². The highest BCUT2D eigenvalue weighted by molar-refractivity contribution is 7.13. The van der Waals surface area contributed by atoms with E-state index in [0.29, 0.717) is 10.7 Å². The van der Waals surface area contributed by atoms with Gasteiger partial charge in [0.05, 0.1) is 22.8 Å². The van der Waals surface area contributed by atoms with Crippen molar-refractivity contribution in [3.05, 3.63) is 81.9 Å². The second-order valence-corrected chi connectivity index (χ2v) is 7.92. The minimum Gasteiger partial charge on any atom is -0.494 e. The predicted octanol–water partition coefficient (Wildman–Crippen LogP) is 6.44. The van der Waals surface area contributed by atoms with Crippen LogP contribution in [0.4, 0.5) is 5.69 Å². The van der Waals surface area contributed by atoms with Gasteiger partial charge in [0, 0.05) is 34.6 Å². The molecule has 2 aromatic carbocycles. The van der Waals surface area contributed by atoms with E-state index in [2.05, 4.69) is 15.3 Å². The normalized spacial score (nSPS) is 10.6. The Bertz CT molecular complexity index is 1210. The number of benzene rings is 2. The van der Waals surface area contributed by atoms with Gasteiger partial charge in [-0.2, -0.15) is 0 Å². The molecule has 0 aliphatic heterocycles. The molecule has 5 nitrogen and oxygen atoms in total. The Kier molecular flexibility index (Phi) is 5.99. The minimum atomic E-state index is -0.411. The maximum absolute atomic E-state index is 12.8. The van der Waals surface area contributed by atoms with Crippen molar-refractivity contribution >= 4 is 46.1 Å². The summed E-state index contributed by atoms with van der Waals surface area (Å²) >= 11 is 13.9. The Morgan fingerprint density at radius 3 is 2.63 bits per heavy atom. The molecule has 0 unspecified atom stereocenters. The molecule has 0 saturated heterocycles. The third-order valence-corrected chi connectivity index (χ3v) is 5.82. The van der Waals surface area contributed by atoms with Crippen LogP contribution in [0.1, 0.15) is 10.4 Å². The number of nitrogens with zero attached hydrogens (tertiary/aromatic N) is 2. The third-order valence-electron chi connectivity index (χ3n) is 4.32. The van der Waals surface area contributed by atoms with E-state index >= 15 is 0 Å². The molecule has 0 bridgehead atoms. The van der Waals surface area contributed by atoms with Crippen LogP contribution in [0.25, 0.3) is 21.8 Å². The van der Waals surface area contributed by atoms with Crippen molar-refractivity contribution in [3.8, 4) is 27.6 Å². The molecule has 0 fully saturated rings. The van der Waals surface area contributed by atoms with Gasteiger partial charge in [0.1, 0.15) is 10.6 Å². The summed E-state index contributed by atoms with van der Waals surface area (Å²) in [4.78, 5) is 21.7. The van der Waals surface area contributed by atoms with Crippen LogP contribution < -0.4 is 10.1 Å². The van der Waals surface area contributed by atoms with Crippen molar-refractivity contribution in [1.82, 2.24) is 9.97 Å². The SMILES string of the molecule is COc1c(Cl)ccc(Cl)c1C(=O)Nc1cccc(-c2csc(-c3cccnc3)n2)c1. The van der Waals surface area contributed by atoms with E-state index in [-0.39, 0.29) is 16.3 Å². The van der Waals surface area contributed by atoms with Crippen LogP contribution in [0, 0.1) is 0 Å². The van der Waals surface area contributed by atoms with Crippen molar-refractivity contribution in [3.63, 3.8) is 0 Å². The molecule has 0 spiro atoms. The van der Waals surface area contributed by atoms with E-state index in [9.17, 15) is 4.79 Å². The second kappa shape index (κ2) is 8.83. The van der Waals surface area contributed by atoms with Crippen molar-refractivity contribution < 1.29 is 9.53 Å². The molecule has 0 radical (unpaired) electrons. The highest BCUT2D eigenvalue weighted by Gasteiger charge is 2.20. The molecule has 0 aliphatic carbocycles. The molecule has 0 saturated carbocycles. The van der Waals surface area contributed by atoms with Crippen molar-refractivity contribution in [2.24, 2.45) is 0 Å². The first-order chi connectivity index (χ1) is 14.6. The van der Waals surface area contributed by atoms with Gasteiger partial charge in [-0.3, -0.25) is 9.78 Å². The summed E-state index contributed by atoms with van der Waals surface area (Å²) in [6.45, 7) is 0. The predicted molar refractivity (Wildman–Crippen MR) is 122 cm³/mol. The molecule has 150 valence electrons. The van der Waals surface area contributed by atoms with Crippen LogP contribution in [-0.4, -0.2) is 23.0 Å². The number of carbonyl (C=O) groups is 1. The van der Waals surface area contributed by atoms with Gasteiger partial charge in [-0.05, 0) is 36.4 Å². The summed E-state index contributed by atoms with van der Waals surface area (Å²) in [6.07, 6.45) is 3.51. The van der Waals surface area contributed by atoms with E-state index in [0.717, 1.165) is 21.8 Å². The number of nitrogens with one attached hydrogen (secondary N) is 1. The fourth-order valence-electron chi connectivity index (χ4n) is 2.92. The summed E-state index contributed by atoms with van der Waals surface area (Å²) in [7, 11) is 1.44. The van der Waals surface area contributed by atoms with Gasteiger partial charge < -0.3 is 10.1 Å². The van der Waals surface area contributed by atoms with Crippen molar-refractivity contribution in [1.29, 1.82) is 0 Å². The van der Waals surface area contributed by atoms with Gasteiger partial charge in [-0.1, -0.05) is 35.3 Å². The first-order valence-corrected chi connectivity index (χ1v) is 10.5. The van der Waals surface area contributed by atoms with E-state index in [1.165, 1.54) is 18.4 Å². The lowest BCUT2D eigenvalue weighted by molar-refractivity contribution is 0.102. The zero-order chi connectivity index (χ0) is 21.1. The standard InChI is InChI=1S/C22H15Cl2N3O2S/c1-29-20-17(24)8-7-16(23)19(20)21(28)26-15-6-2-4-13(10-15)18-12-30-22(27-18)14-5-3-9-25-11-14/h2-12H,1H3,(H,26,28). The summed E-state index contributed by atoms with van der Waals surface area (Å²) < 4.78 is 5.26. The number of aromatic nitrogens is 2. The number of anilines is 1. The molecular weight excluding hydrogens is 441 g/mol. The number of rotatable bonds is 5. The van der Waals surface area contributed by atoms with Crippen LogP contribution in [0.15, 0.2) is 66.3 Å². The van der Waals surface area contributed by atoms with Crippen LogP contribution >= 0.6 is 34.5 Å². The molecule has 30 heavy (non-hydrogen) atoms. The van der Waals surface area contributed by atoms with Gasteiger partial charge in [0.25, 0.3) is 5.91 Å². The third kappa shape index (κ3) is 4.16. The molecule has 1 N–H and O–H groups in total. The minimum absolute atomic E-state index is 0.185. The molecule has 4 aromatic rings. The molecule has 0 aliphatic rings. The maximum atomic E-state index is 12.8. The fraction of sp³-hybridized carbons (Fsp3) is 0.0455. The number of pyridine rings is 1. The zero-order valence-electron chi connectivity index (χ0n) is 15.7. The number of halogens is 2. The Labute approximate surface area is 187 Å². The Morgan fingerprint density at radius 1 is 1.07 bits per heavy atom. The van der Waals surface area contributed by atoms with E-state index in [1.54, 1.807) is 30.6 Å². The highest BCUT2D eigenvalue weighted by Crippen LogP contribution is 2.35. The van der Waals surface area contributed by atoms with Gasteiger partial charge in [0.2, 0.25) is 0 Å². The molecule has 2 heterocycles. The molecule has 0 atom stereocenters. The van der Waals surface area contributed by atoms with Gasteiger partial charge in [-0.15, -0.1) is 11.3 Å². The highest BCUT2D eigenvalue weighted by atomic mass is 35.5. The Hall–Kier alpha value is -2.93. The van der Waals surface area contributed by atoms with E-state index < -0.39 is 5.91 Å². The fourth-order valence-corrected chi connectivity index (χ4v) is 4.21. The second-order valence-electron chi connectivity index (χ2n) is 6.25. The summed E-state index contributed by atoms with van der Waals surface area (Å²) in [6, 6.07) is 14.4. The number of methoxy groups -OCH3 is 1. The topological polar surface area (TPSA) is 64.1 Å². The zero-order valence-corrected chi connectivity index (χ0v) is 18.1. The summed E-state index contributed by atoms with van der Waals surface area (Å²) in [5.41, 5.74) is 3.44. The van der Waals surface area contributed by atoms with Gasteiger partial charge >= 0.3 is 0 Å². The van der Waals surface area contributed by atoms with Crippen LogP contribution in [0.2, 0.25) is 10.0 Å². The van der Waals surface area contributed by atoms with Crippen LogP contribution in [0.5, 0.6) is 5.75 Å². The number of amides is 1. The van der Waals surface area contributed by atoms with E-state index in [4.69, 9.17) is 27.9 Å². The maximum Gasteiger partial charge on any atom is 0.261 e. The number of ether oxygens (including phenoxy) is 1. The van der Waals surface area contributed by atoms with Gasteiger partial charge in [0.15, 0.2) is 5.75 Å². The lowest BCUT2D eigenvalue weighted by Gasteiger charge is -2.12. The number of hydrogen-bond donors (Lipinski definition) is 1. The molecule has 4 rings (SSSR count).